The average molecular weight is 402 g/mol. The monoisotopic (exact) mass is 402 g/mol. The van der Waals surface area contributed by atoms with Crippen LogP contribution in [0.1, 0.15) is 33.0 Å². The van der Waals surface area contributed by atoms with E-state index < -0.39 is 23.8 Å². The molecule has 0 aliphatic carbocycles. The Morgan fingerprint density at radius 2 is 1.30 bits per heavy atom. The van der Waals surface area contributed by atoms with E-state index in [1.54, 1.807) is 12.1 Å². The third kappa shape index (κ3) is 5.11. The van der Waals surface area contributed by atoms with Crippen LogP contribution in [0.4, 0.5) is 0 Å². The van der Waals surface area contributed by atoms with Crippen LogP contribution in [0.5, 0.6) is 0 Å². The lowest BCUT2D eigenvalue weighted by molar-refractivity contribution is -0.127. The van der Waals surface area contributed by atoms with Crippen molar-refractivity contribution in [3.63, 3.8) is 0 Å². The van der Waals surface area contributed by atoms with E-state index in [1.807, 2.05) is 60.7 Å². The Kier molecular flexibility index (Phi) is 6.60. The first-order valence-electron chi connectivity index (χ1n) is 9.47. The summed E-state index contributed by atoms with van der Waals surface area (Å²) in [4.78, 5) is 36.2. The van der Waals surface area contributed by atoms with Gasteiger partial charge in [-0.25, -0.2) is 4.79 Å². The molecule has 0 aliphatic heterocycles. The Morgan fingerprint density at radius 3 is 1.73 bits per heavy atom. The van der Waals surface area contributed by atoms with Crippen LogP contribution >= 0.6 is 0 Å². The number of carbonyl (C=O) groups excluding carboxylic acids is 2. The van der Waals surface area contributed by atoms with E-state index in [1.165, 1.54) is 12.1 Å². The number of amides is 2. The van der Waals surface area contributed by atoms with Gasteiger partial charge in [0.05, 0.1) is 11.5 Å². The molecule has 0 aromatic heterocycles. The maximum Gasteiger partial charge on any atom is 0.335 e. The van der Waals surface area contributed by atoms with E-state index in [-0.39, 0.29) is 17.9 Å². The number of rotatable bonds is 8. The summed E-state index contributed by atoms with van der Waals surface area (Å²) in [5.74, 6) is -2.62. The zero-order chi connectivity index (χ0) is 21.5. The number of carboxylic acid groups (broad SMARTS) is 1. The highest BCUT2D eigenvalue weighted by molar-refractivity contribution is 5.92. The number of aromatic carboxylic acids is 1. The van der Waals surface area contributed by atoms with Gasteiger partial charge in [0.25, 0.3) is 0 Å². The lowest BCUT2D eigenvalue weighted by Gasteiger charge is -2.22. The molecule has 0 fully saturated rings. The molecule has 4 N–H and O–H groups in total. The molecule has 0 bridgehead atoms. The molecular formula is C24H22N2O4. The molecule has 3 rings (SSSR count). The summed E-state index contributed by atoms with van der Waals surface area (Å²) in [6.45, 7) is 0. The first kappa shape index (κ1) is 20.8. The van der Waals surface area contributed by atoms with Crippen molar-refractivity contribution in [2.45, 2.75) is 18.4 Å². The minimum Gasteiger partial charge on any atom is -0.478 e. The smallest absolute Gasteiger partial charge is 0.335 e. The van der Waals surface area contributed by atoms with Crippen LogP contribution in [-0.4, -0.2) is 28.9 Å². The zero-order valence-corrected chi connectivity index (χ0v) is 16.2. The van der Waals surface area contributed by atoms with Gasteiger partial charge in [-0.2, -0.15) is 0 Å². The third-order valence-corrected chi connectivity index (χ3v) is 4.83. The second-order valence-corrected chi connectivity index (χ2v) is 6.92. The van der Waals surface area contributed by atoms with Crippen molar-refractivity contribution < 1.29 is 19.5 Å². The lowest BCUT2D eigenvalue weighted by Crippen LogP contribution is -2.47. The molecule has 30 heavy (non-hydrogen) atoms. The van der Waals surface area contributed by atoms with Crippen LogP contribution in [0.3, 0.4) is 0 Å². The molecule has 6 heteroatoms. The van der Waals surface area contributed by atoms with Gasteiger partial charge in [-0.15, -0.1) is 0 Å². The maximum absolute atomic E-state index is 13.2. The minimum atomic E-state index is -1.03. The molecule has 0 saturated heterocycles. The predicted molar refractivity (Wildman–Crippen MR) is 113 cm³/mol. The Labute approximate surface area is 174 Å². The average Bonchev–Trinajstić information content (AvgIpc) is 2.75. The number of hydrogen-bond donors (Lipinski definition) is 3. The predicted octanol–water partition coefficient (Wildman–Crippen LogP) is 2.73. The topological polar surface area (TPSA) is 109 Å². The zero-order valence-electron chi connectivity index (χ0n) is 16.2. The van der Waals surface area contributed by atoms with E-state index in [0.29, 0.717) is 5.56 Å². The molecule has 2 amide bonds. The second-order valence-electron chi connectivity index (χ2n) is 6.92. The first-order valence-corrected chi connectivity index (χ1v) is 9.47. The molecule has 0 radical (unpaired) electrons. The van der Waals surface area contributed by atoms with Crippen molar-refractivity contribution in [3.05, 3.63) is 107 Å². The molecule has 0 aliphatic rings. The van der Waals surface area contributed by atoms with Crippen molar-refractivity contribution in [2.24, 2.45) is 5.73 Å². The molecule has 0 unspecified atom stereocenters. The van der Waals surface area contributed by atoms with Crippen LogP contribution in [0.15, 0.2) is 84.9 Å². The summed E-state index contributed by atoms with van der Waals surface area (Å²) in [6.07, 6.45) is 0.164. The van der Waals surface area contributed by atoms with E-state index >= 15 is 0 Å². The number of nitrogens with two attached hydrogens (primary N) is 1. The molecule has 3 aromatic rings. The van der Waals surface area contributed by atoms with Gasteiger partial charge >= 0.3 is 5.97 Å². The number of primary amides is 1. The highest BCUT2D eigenvalue weighted by atomic mass is 16.4. The van der Waals surface area contributed by atoms with Crippen LogP contribution in [-0.2, 0) is 16.0 Å². The molecule has 152 valence electrons. The lowest BCUT2D eigenvalue weighted by atomic mass is 9.90. The van der Waals surface area contributed by atoms with Crippen molar-refractivity contribution in [3.8, 4) is 0 Å². The molecule has 3 aromatic carbocycles. The van der Waals surface area contributed by atoms with Crippen molar-refractivity contribution in [2.75, 3.05) is 0 Å². The SMILES string of the molecule is NC(=O)[C@H](Cc1ccc(C(=O)O)cc1)NC(=O)C(c1ccccc1)c1ccccc1. The van der Waals surface area contributed by atoms with Crippen LogP contribution in [0.25, 0.3) is 0 Å². The number of nitrogens with one attached hydrogen (secondary N) is 1. The summed E-state index contributed by atoms with van der Waals surface area (Å²) in [5, 5.41) is 11.8. The fourth-order valence-corrected chi connectivity index (χ4v) is 3.28. The number of carboxylic acids is 1. The standard InChI is InChI=1S/C24H22N2O4/c25-22(27)20(15-16-11-13-19(14-12-16)24(29)30)26-23(28)21(17-7-3-1-4-8-17)18-9-5-2-6-10-18/h1-14,20-21H,15H2,(H2,25,27)(H,26,28)(H,29,30)/t20-/m0/s1. The molecule has 0 spiro atoms. The molecule has 0 saturated carbocycles. The van der Waals surface area contributed by atoms with E-state index in [9.17, 15) is 14.4 Å². The fraction of sp³-hybridized carbons (Fsp3) is 0.125. The van der Waals surface area contributed by atoms with Gasteiger partial charge in [0, 0.05) is 6.42 Å². The Balaban J connectivity index is 1.83. The van der Waals surface area contributed by atoms with Crippen LogP contribution in [0, 0.1) is 0 Å². The summed E-state index contributed by atoms with van der Waals surface area (Å²) in [5.41, 5.74) is 7.98. The number of benzene rings is 3. The van der Waals surface area contributed by atoms with Crippen LogP contribution in [0.2, 0.25) is 0 Å². The van der Waals surface area contributed by atoms with Crippen molar-refractivity contribution >= 4 is 17.8 Å². The largest absolute Gasteiger partial charge is 0.478 e. The van der Waals surface area contributed by atoms with Crippen molar-refractivity contribution in [1.29, 1.82) is 0 Å². The van der Waals surface area contributed by atoms with E-state index in [4.69, 9.17) is 10.8 Å². The quantitative estimate of drug-likeness (QED) is 0.538. The minimum absolute atomic E-state index is 0.145. The second kappa shape index (κ2) is 9.52. The summed E-state index contributed by atoms with van der Waals surface area (Å²) >= 11 is 0. The maximum atomic E-state index is 13.2. The van der Waals surface area contributed by atoms with Gasteiger partial charge in [0.2, 0.25) is 11.8 Å². The van der Waals surface area contributed by atoms with Crippen LogP contribution < -0.4 is 11.1 Å². The summed E-state index contributed by atoms with van der Waals surface area (Å²) < 4.78 is 0. The highest BCUT2D eigenvalue weighted by Crippen LogP contribution is 2.25. The number of hydrogen-bond acceptors (Lipinski definition) is 3. The molecule has 6 nitrogen and oxygen atoms in total. The van der Waals surface area contributed by atoms with Gasteiger partial charge < -0.3 is 16.2 Å². The summed E-state index contributed by atoms with van der Waals surface area (Å²) in [7, 11) is 0. The Bertz CT molecular complexity index is 979. The Hall–Kier alpha value is -3.93. The first-order chi connectivity index (χ1) is 14.5. The van der Waals surface area contributed by atoms with Gasteiger partial charge in [-0.3, -0.25) is 9.59 Å². The highest BCUT2D eigenvalue weighted by Gasteiger charge is 2.27. The van der Waals surface area contributed by atoms with E-state index in [0.717, 1.165) is 11.1 Å². The summed E-state index contributed by atoms with van der Waals surface area (Å²) in [6, 6.07) is 23.8. The molecular weight excluding hydrogens is 380 g/mol. The number of carbonyl (C=O) groups is 3. The van der Waals surface area contributed by atoms with Crippen molar-refractivity contribution in [1.82, 2.24) is 5.32 Å². The van der Waals surface area contributed by atoms with Gasteiger partial charge in [-0.1, -0.05) is 72.8 Å². The normalized spacial score (nSPS) is 11.6. The molecule has 0 heterocycles. The molecule has 1 atom stereocenters. The van der Waals surface area contributed by atoms with Gasteiger partial charge in [0.1, 0.15) is 6.04 Å². The van der Waals surface area contributed by atoms with Gasteiger partial charge in [-0.05, 0) is 28.8 Å². The Morgan fingerprint density at radius 1 is 0.800 bits per heavy atom. The fourth-order valence-electron chi connectivity index (χ4n) is 3.28. The van der Waals surface area contributed by atoms with Gasteiger partial charge in [0.15, 0.2) is 0 Å². The van der Waals surface area contributed by atoms with E-state index in [2.05, 4.69) is 5.32 Å². The third-order valence-electron chi connectivity index (χ3n) is 4.83.